The summed E-state index contributed by atoms with van der Waals surface area (Å²) in [5, 5.41) is 8.71. The maximum absolute atomic E-state index is 5.96. The van der Waals surface area contributed by atoms with E-state index < -0.39 is 0 Å². The zero-order valence-corrected chi connectivity index (χ0v) is 15.9. The van der Waals surface area contributed by atoms with Crippen LogP contribution in [-0.4, -0.2) is 18.5 Å². The molecule has 0 saturated heterocycles. The summed E-state index contributed by atoms with van der Waals surface area (Å²) >= 11 is 1.47. The van der Waals surface area contributed by atoms with E-state index in [-0.39, 0.29) is 0 Å². The summed E-state index contributed by atoms with van der Waals surface area (Å²) in [6.45, 7) is 0. The smallest absolute Gasteiger partial charge is 0.180 e. The van der Waals surface area contributed by atoms with Crippen LogP contribution in [0, 0.1) is 0 Å². The molecular weight excluding hydrogens is 354 g/mol. The molecule has 4 nitrogen and oxygen atoms in total. The van der Waals surface area contributed by atoms with Crippen molar-refractivity contribution < 1.29 is 4.74 Å². The van der Waals surface area contributed by atoms with Crippen LogP contribution in [0.1, 0.15) is 11.1 Å². The number of hydrogen-bond acceptors (Lipinski definition) is 4. The molecule has 3 aromatic carbocycles. The quantitative estimate of drug-likeness (QED) is 0.377. The average Bonchev–Trinajstić information content (AvgIpc) is 2.73. The van der Waals surface area contributed by atoms with Gasteiger partial charge < -0.3 is 10.5 Å². The Kier molecular flexibility index (Phi) is 6.66. The molecule has 3 rings (SSSR count). The first kappa shape index (κ1) is 18.7. The zero-order chi connectivity index (χ0) is 18.9. The van der Waals surface area contributed by atoms with E-state index in [1.54, 1.807) is 13.3 Å². The molecule has 0 heterocycles. The van der Waals surface area contributed by atoms with E-state index in [1.165, 1.54) is 17.3 Å². The number of ether oxygens (including phenoxy) is 1. The van der Waals surface area contributed by atoms with E-state index in [0.29, 0.717) is 5.17 Å². The third-order valence-electron chi connectivity index (χ3n) is 3.92. The molecule has 3 aromatic rings. The molecule has 2 N–H and O–H groups in total. The van der Waals surface area contributed by atoms with Crippen molar-refractivity contribution in [2.75, 3.05) is 7.11 Å². The monoisotopic (exact) mass is 375 g/mol. The molecule has 0 fully saturated rings. The molecular formula is C22H21N3OS. The van der Waals surface area contributed by atoms with Crippen LogP contribution in [0.5, 0.6) is 5.75 Å². The van der Waals surface area contributed by atoms with Crippen LogP contribution in [-0.2, 0) is 5.75 Å². The lowest BCUT2D eigenvalue weighted by Crippen LogP contribution is -2.06. The molecule has 136 valence electrons. The second-order valence-electron chi connectivity index (χ2n) is 5.78. The van der Waals surface area contributed by atoms with Gasteiger partial charge in [0.15, 0.2) is 5.17 Å². The van der Waals surface area contributed by atoms with Crippen molar-refractivity contribution >= 4 is 23.1 Å². The number of benzene rings is 3. The highest BCUT2D eigenvalue weighted by Crippen LogP contribution is 2.26. The van der Waals surface area contributed by atoms with Gasteiger partial charge in [0.25, 0.3) is 0 Å². The Morgan fingerprint density at radius 2 is 1.78 bits per heavy atom. The lowest BCUT2D eigenvalue weighted by Gasteiger charge is -2.07. The lowest BCUT2D eigenvalue weighted by molar-refractivity contribution is 0.415. The number of thioether (sulfide) groups is 1. The van der Waals surface area contributed by atoms with E-state index in [9.17, 15) is 0 Å². The first-order valence-corrected chi connectivity index (χ1v) is 9.51. The zero-order valence-electron chi connectivity index (χ0n) is 15.1. The van der Waals surface area contributed by atoms with Gasteiger partial charge in [-0.05, 0) is 28.8 Å². The Labute approximate surface area is 163 Å². The lowest BCUT2D eigenvalue weighted by atomic mass is 10.0. The third kappa shape index (κ3) is 5.46. The fourth-order valence-corrected chi connectivity index (χ4v) is 3.18. The van der Waals surface area contributed by atoms with Crippen LogP contribution in [0.2, 0.25) is 0 Å². The predicted octanol–water partition coefficient (Wildman–Crippen LogP) is 4.94. The van der Waals surface area contributed by atoms with Gasteiger partial charge in [-0.15, -0.1) is 5.10 Å². The second-order valence-corrected chi connectivity index (χ2v) is 6.77. The summed E-state index contributed by atoms with van der Waals surface area (Å²) in [6, 6.07) is 26.1. The number of rotatable bonds is 6. The fraction of sp³-hybridized carbons (Fsp3) is 0.0909. The van der Waals surface area contributed by atoms with Crippen molar-refractivity contribution in [3.8, 4) is 16.9 Å². The molecule has 27 heavy (non-hydrogen) atoms. The number of amidine groups is 1. The highest BCUT2D eigenvalue weighted by molar-refractivity contribution is 8.13. The molecule has 0 bridgehead atoms. The topological polar surface area (TPSA) is 60.0 Å². The largest absolute Gasteiger partial charge is 0.497 e. The third-order valence-corrected chi connectivity index (χ3v) is 4.78. The Morgan fingerprint density at radius 1 is 1.00 bits per heavy atom. The molecule has 0 saturated carbocycles. The van der Waals surface area contributed by atoms with Gasteiger partial charge in [0.05, 0.1) is 13.3 Å². The molecule has 0 aromatic heterocycles. The van der Waals surface area contributed by atoms with Crippen LogP contribution < -0.4 is 10.5 Å². The highest BCUT2D eigenvalue weighted by Gasteiger charge is 2.04. The molecule has 0 atom stereocenters. The standard InChI is InChI=1S/C22H21N3OS/c1-26-20-12-7-11-18(14-20)21-13-6-5-10-19(21)15-24-25-22(23)27-16-17-8-3-2-4-9-17/h2-15H,16H2,1H3,(H2,23,25). The number of hydrogen-bond donors (Lipinski definition) is 1. The van der Waals surface area contributed by atoms with Crippen molar-refractivity contribution in [1.82, 2.24) is 0 Å². The van der Waals surface area contributed by atoms with Crippen molar-refractivity contribution in [2.45, 2.75) is 5.75 Å². The SMILES string of the molecule is COc1cccc(-c2ccccc2C=NN=C(N)SCc2ccccc2)c1. The summed E-state index contributed by atoms with van der Waals surface area (Å²) in [6.07, 6.45) is 1.73. The fourth-order valence-electron chi connectivity index (χ4n) is 2.57. The van der Waals surface area contributed by atoms with Gasteiger partial charge in [0, 0.05) is 11.3 Å². The Balaban J connectivity index is 1.71. The van der Waals surface area contributed by atoms with Gasteiger partial charge >= 0.3 is 0 Å². The summed E-state index contributed by atoms with van der Waals surface area (Å²) < 4.78 is 5.32. The molecule has 0 radical (unpaired) electrons. The maximum Gasteiger partial charge on any atom is 0.180 e. The average molecular weight is 375 g/mol. The van der Waals surface area contributed by atoms with Crippen LogP contribution in [0.4, 0.5) is 0 Å². The molecule has 0 unspecified atom stereocenters. The van der Waals surface area contributed by atoms with Gasteiger partial charge in [-0.2, -0.15) is 5.10 Å². The van der Waals surface area contributed by atoms with E-state index in [0.717, 1.165) is 28.2 Å². The second kappa shape index (κ2) is 9.59. The minimum absolute atomic E-state index is 0.439. The van der Waals surface area contributed by atoms with Crippen LogP contribution in [0.15, 0.2) is 89.1 Å². The minimum atomic E-state index is 0.439. The summed E-state index contributed by atoms with van der Waals surface area (Å²) in [5.41, 5.74) is 10.2. The van der Waals surface area contributed by atoms with E-state index in [1.807, 2.05) is 66.7 Å². The van der Waals surface area contributed by atoms with Gasteiger partial charge in [0.1, 0.15) is 5.75 Å². The molecule has 0 spiro atoms. The Bertz CT molecular complexity index is 939. The first-order valence-electron chi connectivity index (χ1n) is 8.53. The number of nitrogens with two attached hydrogens (primary N) is 1. The predicted molar refractivity (Wildman–Crippen MR) is 115 cm³/mol. The molecule has 0 aliphatic heterocycles. The Hall–Kier alpha value is -3.05. The first-order chi connectivity index (χ1) is 13.3. The van der Waals surface area contributed by atoms with Crippen molar-refractivity contribution in [3.05, 3.63) is 90.0 Å². The van der Waals surface area contributed by atoms with Crippen LogP contribution in [0.25, 0.3) is 11.1 Å². The van der Waals surface area contributed by atoms with Crippen molar-refractivity contribution in [2.24, 2.45) is 15.9 Å². The Morgan fingerprint density at radius 3 is 2.59 bits per heavy atom. The summed E-state index contributed by atoms with van der Waals surface area (Å²) in [4.78, 5) is 0. The minimum Gasteiger partial charge on any atom is -0.497 e. The summed E-state index contributed by atoms with van der Waals surface area (Å²) in [7, 11) is 1.66. The molecule has 0 aliphatic rings. The van der Waals surface area contributed by atoms with Crippen LogP contribution >= 0.6 is 11.8 Å². The number of methoxy groups -OCH3 is 1. The van der Waals surface area contributed by atoms with Gasteiger partial charge in [-0.25, -0.2) is 0 Å². The van der Waals surface area contributed by atoms with E-state index in [2.05, 4.69) is 22.3 Å². The maximum atomic E-state index is 5.96. The molecule has 0 amide bonds. The molecule has 0 aliphatic carbocycles. The van der Waals surface area contributed by atoms with E-state index in [4.69, 9.17) is 10.5 Å². The van der Waals surface area contributed by atoms with Gasteiger partial charge in [0.2, 0.25) is 0 Å². The van der Waals surface area contributed by atoms with Gasteiger partial charge in [-0.3, -0.25) is 0 Å². The molecule has 5 heteroatoms. The summed E-state index contributed by atoms with van der Waals surface area (Å²) in [5.74, 6) is 1.59. The van der Waals surface area contributed by atoms with Gasteiger partial charge in [-0.1, -0.05) is 78.5 Å². The van der Waals surface area contributed by atoms with Crippen molar-refractivity contribution in [3.63, 3.8) is 0 Å². The highest BCUT2D eigenvalue weighted by atomic mass is 32.2. The normalized spacial score (nSPS) is 11.7. The van der Waals surface area contributed by atoms with Crippen LogP contribution in [0.3, 0.4) is 0 Å². The number of nitrogens with zero attached hydrogens (tertiary/aromatic N) is 2. The van der Waals surface area contributed by atoms with Crippen molar-refractivity contribution in [1.29, 1.82) is 0 Å². The van der Waals surface area contributed by atoms with E-state index >= 15 is 0 Å².